The van der Waals surface area contributed by atoms with Gasteiger partial charge in [-0.25, -0.2) is 0 Å². The van der Waals surface area contributed by atoms with Crippen LogP contribution in [-0.4, -0.2) is 9.85 Å². The van der Waals surface area contributed by atoms with Crippen molar-refractivity contribution < 1.29 is 9.85 Å². The number of nitro benzene ring substituents is 2. The molecule has 1 N–H and O–H groups in total. The van der Waals surface area contributed by atoms with Crippen molar-refractivity contribution in [1.82, 2.24) is 0 Å². The lowest BCUT2D eigenvalue weighted by Crippen LogP contribution is -1.99. The predicted octanol–water partition coefficient (Wildman–Crippen LogP) is 11.3. The van der Waals surface area contributed by atoms with Crippen LogP contribution in [0, 0.1) is 20.2 Å². The standard InChI is InChI=1S/C36H23N3O4S3/c40-38(41)27-9-1-23(2-10-27)25-5-13-29(14-6-25)44-31-17-19-33-35(21-31)46-36-22-32(18-20-34(36)37-33)45-30-15-7-26(8-16-30)24-3-11-28(12-4-24)39(42)43/h1-22,37H. The quantitative estimate of drug-likeness (QED) is 0.127. The molecule has 0 aromatic heterocycles. The smallest absolute Gasteiger partial charge is 0.269 e. The molecule has 0 spiro atoms. The highest BCUT2D eigenvalue weighted by Gasteiger charge is 2.17. The van der Waals surface area contributed by atoms with E-state index in [0.29, 0.717) is 0 Å². The van der Waals surface area contributed by atoms with Crippen LogP contribution in [0.2, 0.25) is 0 Å². The lowest BCUT2D eigenvalue weighted by atomic mass is 10.1. The van der Waals surface area contributed by atoms with E-state index in [1.807, 2.05) is 24.3 Å². The summed E-state index contributed by atoms with van der Waals surface area (Å²) in [5.74, 6) is 0. The maximum absolute atomic E-state index is 11.0. The van der Waals surface area contributed by atoms with Gasteiger partial charge in [0.15, 0.2) is 0 Å². The summed E-state index contributed by atoms with van der Waals surface area (Å²) in [6.45, 7) is 0. The largest absolute Gasteiger partial charge is 0.354 e. The Hall–Kier alpha value is -5.03. The van der Waals surface area contributed by atoms with E-state index in [0.717, 1.165) is 63.0 Å². The minimum atomic E-state index is -0.389. The molecule has 0 bridgehead atoms. The number of nitro groups is 2. The molecule has 7 rings (SSSR count). The number of fused-ring (bicyclic) bond motifs is 2. The van der Waals surface area contributed by atoms with Crippen LogP contribution in [0.1, 0.15) is 0 Å². The summed E-state index contributed by atoms with van der Waals surface area (Å²) in [4.78, 5) is 27.9. The van der Waals surface area contributed by atoms with Crippen molar-refractivity contribution in [2.24, 2.45) is 0 Å². The predicted molar refractivity (Wildman–Crippen MR) is 186 cm³/mol. The van der Waals surface area contributed by atoms with E-state index in [9.17, 15) is 20.2 Å². The number of benzene rings is 6. The van der Waals surface area contributed by atoms with Crippen molar-refractivity contribution >= 4 is 58.0 Å². The maximum Gasteiger partial charge on any atom is 0.269 e. The Balaban J connectivity index is 1.01. The number of hydrogen-bond acceptors (Lipinski definition) is 8. The Labute approximate surface area is 277 Å². The third-order valence-corrected chi connectivity index (χ3v) is 10.5. The molecule has 0 unspecified atom stereocenters. The van der Waals surface area contributed by atoms with E-state index in [1.54, 1.807) is 59.6 Å². The Morgan fingerprint density at radius 3 is 1.13 bits per heavy atom. The third kappa shape index (κ3) is 6.50. The summed E-state index contributed by atoms with van der Waals surface area (Å²) in [5, 5.41) is 25.5. The first-order valence-electron chi connectivity index (χ1n) is 14.2. The highest BCUT2D eigenvalue weighted by molar-refractivity contribution is 8.00. The zero-order valence-electron chi connectivity index (χ0n) is 24.0. The molecule has 0 fully saturated rings. The molecule has 0 aliphatic carbocycles. The molecule has 0 amide bonds. The second-order valence-electron chi connectivity index (χ2n) is 10.4. The van der Waals surface area contributed by atoms with E-state index < -0.39 is 0 Å². The van der Waals surface area contributed by atoms with Crippen LogP contribution < -0.4 is 5.32 Å². The fourth-order valence-corrected chi connectivity index (χ4v) is 7.96. The van der Waals surface area contributed by atoms with Crippen LogP contribution in [0.4, 0.5) is 22.7 Å². The number of anilines is 2. The Kier molecular flexibility index (Phi) is 8.23. The van der Waals surface area contributed by atoms with Crippen LogP contribution in [0.25, 0.3) is 22.3 Å². The molecular formula is C36H23N3O4S3. The van der Waals surface area contributed by atoms with Crippen molar-refractivity contribution in [2.45, 2.75) is 29.4 Å². The number of nitrogens with zero attached hydrogens (tertiary/aromatic N) is 2. The van der Waals surface area contributed by atoms with E-state index in [1.165, 1.54) is 24.3 Å². The minimum absolute atomic E-state index is 0.0846. The first kappa shape index (κ1) is 29.7. The second-order valence-corrected chi connectivity index (χ2v) is 13.8. The van der Waals surface area contributed by atoms with Gasteiger partial charge in [-0.05, 0) is 107 Å². The molecule has 0 atom stereocenters. The SMILES string of the molecule is O=[N+]([O-])c1ccc(-c2ccc(Sc3ccc4c(c3)Sc3cc(Sc5ccc(-c6ccc([N+](=O)[O-])cc6)cc5)ccc3N4)cc2)cc1. The van der Waals surface area contributed by atoms with Crippen molar-refractivity contribution in [2.75, 3.05) is 5.32 Å². The van der Waals surface area contributed by atoms with Gasteiger partial charge in [0.2, 0.25) is 0 Å². The Morgan fingerprint density at radius 1 is 0.457 bits per heavy atom. The molecule has 6 aromatic carbocycles. The van der Waals surface area contributed by atoms with Gasteiger partial charge < -0.3 is 5.32 Å². The number of non-ortho nitro benzene ring substituents is 2. The summed E-state index contributed by atoms with van der Waals surface area (Å²) < 4.78 is 0. The van der Waals surface area contributed by atoms with Gasteiger partial charge in [-0.1, -0.05) is 59.6 Å². The molecule has 0 saturated carbocycles. The summed E-state index contributed by atoms with van der Waals surface area (Å²) in [6, 6.07) is 42.6. The second kappa shape index (κ2) is 12.8. The Morgan fingerprint density at radius 2 is 0.783 bits per heavy atom. The first-order chi connectivity index (χ1) is 22.4. The average molecular weight is 658 g/mol. The van der Waals surface area contributed by atoms with Gasteiger partial charge in [-0.15, -0.1) is 0 Å². The zero-order valence-corrected chi connectivity index (χ0v) is 26.4. The van der Waals surface area contributed by atoms with Gasteiger partial charge in [-0.2, -0.15) is 0 Å². The van der Waals surface area contributed by atoms with Gasteiger partial charge in [0.1, 0.15) is 0 Å². The topological polar surface area (TPSA) is 98.3 Å². The number of rotatable bonds is 8. The zero-order chi connectivity index (χ0) is 31.6. The van der Waals surface area contributed by atoms with Crippen molar-refractivity contribution in [3.05, 3.63) is 154 Å². The first-order valence-corrected chi connectivity index (χ1v) is 16.6. The van der Waals surface area contributed by atoms with Gasteiger partial charge in [0.05, 0.1) is 21.2 Å². The third-order valence-electron chi connectivity index (χ3n) is 7.40. The average Bonchev–Trinajstić information content (AvgIpc) is 3.08. The summed E-state index contributed by atoms with van der Waals surface area (Å²) in [5.41, 5.74) is 6.23. The fourth-order valence-electron chi connectivity index (χ4n) is 5.03. The molecule has 224 valence electrons. The molecule has 46 heavy (non-hydrogen) atoms. The molecule has 6 aromatic rings. The highest BCUT2D eigenvalue weighted by atomic mass is 32.2. The van der Waals surface area contributed by atoms with E-state index in [2.05, 4.69) is 66.0 Å². The van der Waals surface area contributed by atoms with Crippen LogP contribution in [0.5, 0.6) is 0 Å². The molecule has 10 heteroatoms. The minimum Gasteiger partial charge on any atom is -0.354 e. The number of hydrogen-bond donors (Lipinski definition) is 1. The Bertz CT molecular complexity index is 1930. The van der Waals surface area contributed by atoms with Crippen molar-refractivity contribution in [3.63, 3.8) is 0 Å². The van der Waals surface area contributed by atoms with Gasteiger partial charge in [0.25, 0.3) is 11.4 Å². The molecule has 1 aliphatic heterocycles. The van der Waals surface area contributed by atoms with E-state index in [4.69, 9.17) is 0 Å². The molecule has 7 nitrogen and oxygen atoms in total. The monoisotopic (exact) mass is 657 g/mol. The van der Waals surface area contributed by atoms with Gasteiger partial charge in [0, 0.05) is 53.6 Å². The van der Waals surface area contributed by atoms with Crippen molar-refractivity contribution in [3.8, 4) is 22.3 Å². The number of nitrogens with one attached hydrogen (secondary N) is 1. The molecular weight excluding hydrogens is 635 g/mol. The molecule has 1 heterocycles. The van der Waals surface area contributed by atoms with Gasteiger partial charge in [-0.3, -0.25) is 20.2 Å². The maximum atomic E-state index is 11.0. The summed E-state index contributed by atoms with van der Waals surface area (Å²) in [6.07, 6.45) is 0. The van der Waals surface area contributed by atoms with Crippen LogP contribution in [-0.2, 0) is 0 Å². The molecule has 0 radical (unpaired) electrons. The molecule has 0 saturated heterocycles. The van der Waals surface area contributed by atoms with Crippen LogP contribution in [0.15, 0.2) is 163 Å². The van der Waals surface area contributed by atoms with Crippen molar-refractivity contribution in [1.29, 1.82) is 0 Å². The highest BCUT2D eigenvalue weighted by Crippen LogP contribution is 2.47. The lowest BCUT2D eigenvalue weighted by Gasteiger charge is -2.22. The lowest BCUT2D eigenvalue weighted by molar-refractivity contribution is -0.385. The molecule has 1 aliphatic rings. The van der Waals surface area contributed by atoms with E-state index >= 15 is 0 Å². The normalized spacial score (nSPS) is 11.7. The van der Waals surface area contributed by atoms with E-state index in [-0.39, 0.29) is 21.2 Å². The van der Waals surface area contributed by atoms with Crippen LogP contribution >= 0.6 is 35.3 Å². The fraction of sp³-hybridized carbons (Fsp3) is 0. The summed E-state index contributed by atoms with van der Waals surface area (Å²) >= 11 is 5.14. The van der Waals surface area contributed by atoms with Gasteiger partial charge >= 0.3 is 0 Å². The summed E-state index contributed by atoms with van der Waals surface area (Å²) in [7, 11) is 0. The van der Waals surface area contributed by atoms with Crippen LogP contribution in [0.3, 0.4) is 0 Å².